The summed E-state index contributed by atoms with van der Waals surface area (Å²) in [5.74, 6) is 1.06. The molecule has 7 nitrogen and oxygen atoms in total. The second-order valence-corrected chi connectivity index (χ2v) is 4.71. The van der Waals surface area contributed by atoms with E-state index in [4.69, 9.17) is 10.8 Å². The Bertz CT molecular complexity index is 689. The highest BCUT2D eigenvalue weighted by Gasteiger charge is 2.29. The molecule has 0 bridgehead atoms. The molecule has 2 aromatic rings. The van der Waals surface area contributed by atoms with Crippen LogP contribution in [0.5, 0.6) is 0 Å². The quantitative estimate of drug-likeness (QED) is 0.698. The zero-order valence-electron chi connectivity index (χ0n) is 11.0. The predicted molar refractivity (Wildman–Crippen MR) is 77.9 cm³/mol. The highest BCUT2D eigenvalue weighted by atomic mass is 16.3. The molecule has 0 amide bonds. The third-order valence-electron chi connectivity index (χ3n) is 3.22. The maximum absolute atomic E-state index is 9.07. The Morgan fingerprint density at radius 1 is 1.55 bits per heavy atom. The van der Waals surface area contributed by atoms with Gasteiger partial charge in [-0.1, -0.05) is 6.08 Å². The van der Waals surface area contributed by atoms with Crippen LogP contribution in [0.2, 0.25) is 0 Å². The van der Waals surface area contributed by atoms with Crippen LogP contribution in [0.25, 0.3) is 17.4 Å². The molecular formula is C13H16N6O. The van der Waals surface area contributed by atoms with E-state index < -0.39 is 0 Å². The van der Waals surface area contributed by atoms with Crippen LogP contribution in [0.3, 0.4) is 0 Å². The molecule has 0 aromatic carbocycles. The topological polar surface area (TPSA) is 102 Å². The molecule has 1 atom stereocenters. The summed E-state index contributed by atoms with van der Waals surface area (Å²) >= 11 is 0. The molecule has 4 N–H and O–H groups in total. The first kappa shape index (κ1) is 12.6. The molecule has 2 heterocycles. The molecule has 1 fully saturated rings. The lowest BCUT2D eigenvalue weighted by atomic mass is 10.4. The summed E-state index contributed by atoms with van der Waals surface area (Å²) in [6.45, 7) is 4.41. The SMILES string of the molecule is C=CCNc1nc(N)nc2c1ncn2C=C1C[C@@H]1CO. The van der Waals surface area contributed by atoms with Gasteiger partial charge in [0.2, 0.25) is 5.95 Å². The van der Waals surface area contributed by atoms with Crippen LogP contribution in [0.1, 0.15) is 6.42 Å². The van der Waals surface area contributed by atoms with E-state index in [9.17, 15) is 0 Å². The van der Waals surface area contributed by atoms with Crippen molar-refractivity contribution in [3.63, 3.8) is 0 Å². The van der Waals surface area contributed by atoms with Gasteiger partial charge in [0.15, 0.2) is 17.0 Å². The second-order valence-electron chi connectivity index (χ2n) is 4.71. The minimum atomic E-state index is 0.182. The Labute approximate surface area is 115 Å². The molecule has 0 spiro atoms. The summed E-state index contributed by atoms with van der Waals surface area (Å²) < 4.78 is 1.82. The second kappa shape index (κ2) is 4.93. The van der Waals surface area contributed by atoms with Crippen molar-refractivity contribution < 1.29 is 5.11 Å². The Balaban J connectivity index is 2.01. The van der Waals surface area contributed by atoms with Crippen LogP contribution < -0.4 is 11.1 Å². The van der Waals surface area contributed by atoms with Gasteiger partial charge in [0.1, 0.15) is 6.33 Å². The minimum absolute atomic E-state index is 0.182. The maximum atomic E-state index is 9.07. The Morgan fingerprint density at radius 2 is 2.40 bits per heavy atom. The molecule has 1 saturated carbocycles. The zero-order chi connectivity index (χ0) is 14.1. The fraction of sp³-hybridized carbons (Fsp3) is 0.308. The molecular weight excluding hydrogens is 256 g/mol. The van der Waals surface area contributed by atoms with E-state index in [-0.39, 0.29) is 18.5 Å². The molecule has 3 rings (SSSR count). The Hall–Kier alpha value is -2.41. The zero-order valence-corrected chi connectivity index (χ0v) is 11.0. The molecule has 0 saturated heterocycles. The van der Waals surface area contributed by atoms with Crippen LogP contribution in [-0.2, 0) is 0 Å². The first-order valence-corrected chi connectivity index (χ1v) is 6.39. The summed E-state index contributed by atoms with van der Waals surface area (Å²) in [5, 5.41) is 12.2. The average Bonchev–Trinajstić information content (AvgIpc) is 3.08. The predicted octanol–water partition coefficient (Wildman–Crippen LogP) is 0.859. The summed E-state index contributed by atoms with van der Waals surface area (Å²) in [4.78, 5) is 12.7. The van der Waals surface area contributed by atoms with Gasteiger partial charge in [-0.3, -0.25) is 4.57 Å². The minimum Gasteiger partial charge on any atom is -0.396 e. The monoisotopic (exact) mass is 272 g/mol. The van der Waals surface area contributed by atoms with E-state index in [1.807, 2.05) is 10.8 Å². The normalized spacial score (nSPS) is 19.4. The lowest BCUT2D eigenvalue weighted by Gasteiger charge is -2.04. The fourth-order valence-corrected chi connectivity index (χ4v) is 2.06. The van der Waals surface area contributed by atoms with Gasteiger partial charge < -0.3 is 16.2 Å². The van der Waals surface area contributed by atoms with Gasteiger partial charge >= 0.3 is 0 Å². The van der Waals surface area contributed by atoms with Crippen molar-refractivity contribution in [1.82, 2.24) is 19.5 Å². The number of hydrogen-bond acceptors (Lipinski definition) is 6. The van der Waals surface area contributed by atoms with E-state index in [2.05, 4.69) is 26.8 Å². The smallest absolute Gasteiger partial charge is 0.224 e. The van der Waals surface area contributed by atoms with Crippen LogP contribution in [0.15, 0.2) is 24.6 Å². The molecule has 0 aliphatic heterocycles. The molecule has 0 radical (unpaired) electrons. The number of nitrogens with zero attached hydrogens (tertiary/aromatic N) is 4. The number of aliphatic hydroxyl groups is 1. The number of fused-ring (bicyclic) bond motifs is 1. The molecule has 7 heteroatoms. The van der Waals surface area contributed by atoms with Gasteiger partial charge in [0.25, 0.3) is 0 Å². The molecule has 1 aliphatic rings. The molecule has 0 unspecified atom stereocenters. The lowest BCUT2D eigenvalue weighted by molar-refractivity contribution is 0.281. The van der Waals surface area contributed by atoms with Crippen LogP contribution in [-0.4, -0.2) is 37.8 Å². The number of aromatic nitrogens is 4. The average molecular weight is 272 g/mol. The number of nitrogens with one attached hydrogen (secondary N) is 1. The van der Waals surface area contributed by atoms with Gasteiger partial charge in [-0.25, -0.2) is 4.98 Å². The number of imidazole rings is 1. The highest BCUT2D eigenvalue weighted by Crippen LogP contribution is 2.37. The maximum Gasteiger partial charge on any atom is 0.224 e. The largest absolute Gasteiger partial charge is 0.396 e. The summed E-state index contributed by atoms with van der Waals surface area (Å²) in [6.07, 6.45) is 6.27. The van der Waals surface area contributed by atoms with E-state index >= 15 is 0 Å². The number of nitrogens with two attached hydrogens (primary N) is 1. The van der Waals surface area contributed by atoms with Crippen molar-refractivity contribution >= 4 is 29.1 Å². The van der Waals surface area contributed by atoms with Crippen molar-refractivity contribution in [3.8, 4) is 0 Å². The van der Waals surface area contributed by atoms with Gasteiger partial charge in [-0.15, -0.1) is 6.58 Å². The molecule has 1 aliphatic carbocycles. The summed E-state index contributed by atoms with van der Waals surface area (Å²) in [5.41, 5.74) is 8.24. The van der Waals surface area contributed by atoms with Gasteiger partial charge in [0, 0.05) is 25.3 Å². The lowest BCUT2D eigenvalue weighted by Crippen LogP contribution is -2.05. The number of nitrogen functional groups attached to an aromatic ring is 1. The van der Waals surface area contributed by atoms with Crippen molar-refractivity contribution in [1.29, 1.82) is 0 Å². The Kier molecular flexibility index (Phi) is 3.11. The first-order valence-electron chi connectivity index (χ1n) is 6.39. The van der Waals surface area contributed by atoms with Crippen LogP contribution in [0.4, 0.5) is 11.8 Å². The van der Waals surface area contributed by atoms with Crippen molar-refractivity contribution in [3.05, 3.63) is 24.6 Å². The van der Waals surface area contributed by atoms with Crippen molar-refractivity contribution in [2.45, 2.75) is 6.42 Å². The molecule has 20 heavy (non-hydrogen) atoms. The molecule has 2 aromatic heterocycles. The number of rotatable bonds is 5. The van der Waals surface area contributed by atoms with E-state index in [1.165, 1.54) is 5.57 Å². The Morgan fingerprint density at radius 3 is 3.10 bits per heavy atom. The number of aliphatic hydroxyl groups excluding tert-OH is 1. The fourth-order valence-electron chi connectivity index (χ4n) is 2.06. The van der Waals surface area contributed by atoms with Crippen molar-refractivity contribution in [2.24, 2.45) is 5.92 Å². The van der Waals surface area contributed by atoms with Crippen LogP contribution >= 0.6 is 0 Å². The van der Waals surface area contributed by atoms with Gasteiger partial charge in [-0.2, -0.15) is 9.97 Å². The standard InChI is InChI=1S/C13H16N6O/c1-2-3-15-11-10-12(18-13(14)17-11)19(7-16-10)5-8-4-9(8)6-20/h2,5,7,9,20H,1,3-4,6H2,(H3,14,15,17,18)/t9-/m1/s1. The van der Waals surface area contributed by atoms with E-state index in [1.54, 1.807) is 12.4 Å². The highest BCUT2D eigenvalue weighted by molar-refractivity contribution is 5.85. The van der Waals surface area contributed by atoms with Crippen LogP contribution in [0, 0.1) is 5.92 Å². The van der Waals surface area contributed by atoms with Gasteiger partial charge in [-0.05, 0) is 12.0 Å². The summed E-state index contributed by atoms with van der Waals surface area (Å²) in [7, 11) is 0. The third kappa shape index (κ3) is 2.23. The van der Waals surface area contributed by atoms with Crippen molar-refractivity contribution in [2.75, 3.05) is 24.2 Å². The molecule has 104 valence electrons. The van der Waals surface area contributed by atoms with E-state index in [0.29, 0.717) is 23.5 Å². The number of anilines is 2. The van der Waals surface area contributed by atoms with Gasteiger partial charge in [0.05, 0.1) is 0 Å². The number of hydrogen-bond donors (Lipinski definition) is 3. The summed E-state index contributed by atoms with van der Waals surface area (Å²) in [6, 6.07) is 0. The van der Waals surface area contributed by atoms with E-state index in [0.717, 1.165) is 6.42 Å². The first-order chi connectivity index (χ1) is 9.72. The third-order valence-corrected chi connectivity index (χ3v) is 3.22.